The van der Waals surface area contributed by atoms with Gasteiger partial charge in [-0.15, -0.1) is 0 Å². The lowest BCUT2D eigenvalue weighted by Gasteiger charge is -2.39. The molecule has 0 aliphatic carbocycles. The van der Waals surface area contributed by atoms with E-state index < -0.39 is 15.8 Å². The molecule has 6 nitrogen and oxygen atoms in total. The van der Waals surface area contributed by atoms with E-state index in [4.69, 9.17) is 9.47 Å². The fourth-order valence-electron chi connectivity index (χ4n) is 4.62. The van der Waals surface area contributed by atoms with Crippen LogP contribution in [0.2, 0.25) is 0 Å². The van der Waals surface area contributed by atoms with Gasteiger partial charge in [0.1, 0.15) is 17.3 Å². The third-order valence-electron chi connectivity index (χ3n) is 6.49. The number of methoxy groups -OCH3 is 2. The van der Waals surface area contributed by atoms with Crippen LogP contribution in [-0.2, 0) is 16.6 Å². The Labute approximate surface area is 206 Å². The Bertz CT molecular complexity index is 1260. The van der Waals surface area contributed by atoms with Crippen LogP contribution in [0, 0.1) is 12.7 Å². The molecular formula is C27H31FN2O4S. The maximum atomic E-state index is 13.8. The summed E-state index contributed by atoms with van der Waals surface area (Å²) < 4.78 is 53.7. The van der Waals surface area contributed by atoms with Crippen LogP contribution in [-0.4, -0.2) is 46.7 Å². The highest BCUT2D eigenvalue weighted by Gasteiger charge is 2.35. The number of likely N-dealkylation sites (tertiary alicyclic amines) is 1. The van der Waals surface area contributed by atoms with Gasteiger partial charge in [-0.3, -0.25) is 9.21 Å². The summed E-state index contributed by atoms with van der Waals surface area (Å²) in [4.78, 5) is 2.57. The SMILES string of the molecule is COc1ccc(CN2CCC(N(c3ccc(F)cc3)S(=O)(=O)c3ccccc3C)CC2)c(OC)c1. The molecule has 1 heterocycles. The monoisotopic (exact) mass is 498 g/mol. The molecule has 4 rings (SSSR count). The topological polar surface area (TPSA) is 59.1 Å². The second-order valence-electron chi connectivity index (χ2n) is 8.73. The minimum absolute atomic E-state index is 0.237. The Kier molecular flexibility index (Phi) is 7.62. The van der Waals surface area contributed by atoms with Gasteiger partial charge in [0.05, 0.1) is 24.8 Å². The number of benzene rings is 3. The Morgan fingerprint density at radius 1 is 0.971 bits per heavy atom. The molecule has 0 unspecified atom stereocenters. The largest absolute Gasteiger partial charge is 0.497 e. The maximum Gasteiger partial charge on any atom is 0.264 e. The second kappa shape index (κ2) is 10.7. The van der Waals surface area contributed by atoms with Gasteiger partial charge in [0.2, 0.25) is 0 Å². The van der Waals surface area contributed by atoms with Gasteiger partial charge in [-0.2, -0.15) is 0 Å². The fourth-order valence-corrected chi connectivity index (χ4v) is 6.56. The Morgan fingerprint density at radius 2 is 1.66 bits per heavy atom. The van der Waals surface area contributed by atoms with Gasteiger partial charge < -0.3 is 9.47 Å². The van der Waals surface area contributed by atoms with Crippen molar-refractivity contribution in [2.45, 2.75) is 37.2 Å². The van der Waals surface area contributed by atoms with E-state index in [0.717, 1.165) is 30.2 Å². The first kappa shape index (κ1) is 25.0. The molecule has 1 fully saturated rings. The molecule has 0 bridgehead atoms. The van der Waals surface area contributed by atoms with Crippen molar-refractivity contribution in [2.24, 2.45) is 0 Å². The quantitative estimate of drug-likeness (QED) is 0.437. The third kappa shape index (κ3) is 5.44. The number of hydrogen-bond acceptors (Lipinski definition) is 5. The molecule has 186 valence electrons. The van der Waals surface area contributed by atoms with Gasteiger partial charge in [-0.1, -0.05) is 24.3 Å². The molecule has 0 saturated carbocycles. The lowest BCUT2D eigenvalue weighted by atomic mass is 10.0. The van der Waals surface area contributed by atoms with E-state index in [1.807, 2.05) is 24.3 Å². The number of anilines is 1. The van der Waals surface area contributed by atoms with Crippen molar-refractivity contribution >= 4 is 15.7 Å². The standard InChI is InChI=1S/C27H31FN2O4S/c1-20-6-4-5-7-27(20)35(31,32)30(23-11-9-22(28)10-12-23)24-14-16-29(17-15-24)19-21-8-13-25(33-2)18-26(21)34-3/h4-13,18,24H,14-17,19H2,1-3H3. The molecule has 0 N–H and O–H groups in total. The molecule has 1 aliphatic heterocycles. The number of sulfonamides is 1. The van der Waals surface area contributed by atoms with E-state index in [2.05, 4.69) is 4.90 Å². The van der Waals surface area contributed by atoms with Crippen molar-refractivity contribution in [1.82, 2.24) is 4.90 Å². The second-order valence-corrected chi connectivity index (χ2v) is 10.5. The molecule has 35 heavy (non-hydrogen) atoms. The number of hydrogen-bond donors (Lipinski definition) is 0. The van der Waals surface area contributed by atoms with Crippen molar-refractivity contribution in [1.29, 1.82) is 0 Å². The average Bonchev–Trinajstić information content (AvgIpc) is 2.86. The van der Waals surface area contributed by atoms with Crippen LogP contribution in [0.1, 0.15) is 24.0 Å². The molecule has 1 saturated heterocycles. The van der Waals surface area contributed by atoms with Crippen molar-refractivity contribution < 1.29 is 22.3 Å². The van der Waals surface area contributed by atoms with Gasteiger partial charge in [-0.05, 0) is 61.7 Å². The average molecular weight is 499 g/mol. The molecule has 3 aromatic carbocycles. The van der Waals surface area contributed by atoms with Gasteiger partial charge in [0, 0.05) is 37.3 Å². The smallest absolute Gasteiger partial charge is 0.264 e. The summed E-state index contributed by atoms with van der Waals surface area (Å²) in [5, 5.41) is 0. The van der Waals surface area contributed by atoms with Gasteiger partial charge in [0.15, 0.2) is 0 Å². The van der Waals surface area contributed by atoms with Crippen LogP contribution < -0.4 is 13.8 Å². The summed E-state index contributed by atoms with van der Waals surface area (Å²) in [5.41, 5.74) is 2.21. The molecule has 1 aliphatic rings. The van der Waals surface area contributed by atoms with Crippen LogP contribution in [0.5, 0.6) is 11.5 Å². The van der Waals surface area contributed by atoms with Crippen molar-refractivity contribution in [3.63, 3.8) is 0 Å². The van der Waals surface area contributed by atoms with Crippen molar-refractivity contribution in [2.75, 3.05) is 31.6 Å². The van der Waals surface area contributed by atoms with E-state index in [0.29, 0.717) is 30.6 Å². The minimum atomic E-state index is -3.83. The van der Waals surface area contributed by atoms with Crippen LogP contribution in [0.25, 0.3) is 0 Å². The predicted octanol–water partition coefficient (Wildman–Crippen LogP) is 5.01. The third-order valence-corrected chi connectivity index (χ3v) is 8.53. The Morgan fingerprint density at radius 3 is 2.29 bits per heavy atom. The normalized spacial score (nSPS) is 15.1. The highest BCUT2D eigenvalue weighted by atomic mass is 32.2. The van der Waals surface area contributed by atoms with Crippen LogP contribution in [0.3, 0.4) is 0 Å². The predicted molar refractivity (Wildman–Crippen MR) is 135 cm³/mol. The van der Waals surface area contributed by atoms with Gasteiger partial charge >= 0.3 is 0 Å². The zero-order valence-electron chi connectivity index (χ0n) is 20.3. The van der Waals surface area contributed by atoms with E-state index in [1.54, 1.807) is 51.5 Å². The molecule has 8 heteroatoms. The van der Waals surface area contributed by atoms with Crippen molar-refractivity contribution in [3.8, 4) is 11.5 Å². The lowest BCUT2D eigenvalue weighted by molar-refractivity contribution is 0.204. The highest BCUT2D eigenvalue weighted by Crippen LogP contribution is 2.33. The zero-order valence-corrected chi connectivity index (χ0v) is 21.1. The molecule has 0 atom stereocenters. The maximum absolute atomic E-state index is 13.8. The van der Waals surface area contributed by atoms with Crippen LogP contribution in [0.15, 0.2) is 71.6 Å². The number of nitrogens with zero attached hydrogens (tertiary/aromatic N) is 2. The summed E-state index contributed by atoms with van der Waals surface area (Å²) in [6, 6.07) is 18.2. The molecular weight excluding hydrogens is 467 g/mol. The number of aryl methyl sites for hydroxylation is 1. The van der Waals surface area contributed by atoms with Crippen LogP contribution >= 0.6 is 0 Å². The summed E-state index contributed by atoms with van der Waals surface area (Å²) in [6.45, 7) is 3.93. The van der Waals surface area contributed by atoms with E-state index in [1.165, 1.54) is 16.4 Å². The highest BCUT2D eigenvalue weighted by molar-refractivity contribution is 7.93. The molecule has 0 amide bonds. The molecule has 0 radical (unpaired) electrons. The summed E-state index contributed by atoms with van der Waals surface area (Å²) in [6.07, 6.45) is 1.31. The lowest BCUT2D eigenvalue weighted by Crippen LogP contribution is -2.47. The van der Waals surface area contributed by atoms with E-state index in [-0.39, 0.29) is 10.9 Å². The Hall–Kier alpha value is -3.10. The first-order valence-electron chi connectivity index (χ1n) is 11.6. The minimum Gasteiger partial charge on any atom is -0.497 e. The zero-order chi connectivity index (χ0) is 25.0. The van der Waals surface area contributed by atoms with Gasteiger partial charge in [0.25, 0.3) is 10.0 Å². The fraction of sp³-hybridized carbons (Fsp3) is 0.333. The summed E-state index contributed by atoms with van der Waals surface area (Å²) >= 11 is 0. The van der Waals surface area contributed by atoms with Crippen LogP contribution in [0.4, 0.5) is 10.1 Å². The Balaban J connectivity index is 1.57. The first-order valence-corrected chi connectivity index (χ1v) is 13.1. The summed E-state index contributed by atoms with van der Waals surface area (Å²) in [7, 11) is -0.571. The number of halogens is 1. The van der Waals surface area contributed by atoms with E-state index in [9.17, 15) is 12.8 Å². The number of piperidine rings is 1. The molecule has 0 aromatic heterocycles. The summed E-state index contributed by atoms with van der Waals surface area (Å²) in [5.74, 6) is 1.10. The molecule has 3 aromatic rings. The first-order chi connectivity index (χ1) is 16.8. The molecule has 0 spiro atoms. The van der Waals surface area contributed by atoms with E-state index >= 15 is 0 Å². The number of ether oxygens (including phenoxy) is 2. The van der Waals surface area contributed by atoms with Gasteiger partial charge in [-0.25, -0.2) is 12.8 Å². The number of rotatable bonds is 8. The van der Waals surface area contributed by atoms with Crippen molar-refractivity contribution in [3.05, 3.63) is 83.7 Å².